The third kappa shape index (κ3) is 5.51. The normalized spacial score (nSPS) is 37.6. The van der Waals surface area contributed by atoms with Crippen LogP contribution < -0.4 is 10.6 Å². The van der Waals surface area contributed by atoms with Crippen molar-refractivity contribution in [1.82, 2.24) is 10.3 Å². The number of ether oxygens (including phenoxy) is 1. The van der Waals surface area contributed by atoms with Crippen LogP contribution in [0.3, 0.4) is 0 Å². The van der Waals surface area contributed by atoms with Gasteiger partial charge in [0.15, 0.2) is 5.78 Å². The Morgan fingerprint density at radius 3 is 2.32 bits per heavy atom. The average Bonchev–Trinajstić information content (AvgIpc) is 3.30. The first-order valence-electron chi connectivity index (χ1n) is 18.9. The number of carbonyl (C=O) groups is 4. The molecule has 0 aromatic carbocycles. The summed E-state index contributed by atoms with van der Waals surface area (Å²) in [6.07, 6.45) is 9.06. The topological polar surface area (TPSA) is 135 Å². The van der Waals surface area contributed by atoms with Gasteiger partial charge in [-0.15, -0.1) is 0 Å². The third-order valence-corrected chi connectivity index (χ3v) is 15.1. The molecule has 50 heavy (non-hydrogen) atoms. The second-order valence-electron chi connectivity index (χ2n) is 18.8. The number of ketones is 1. The molecule has 4 saturated carbocycles. The molecule has 1 unspecified atom stereocenters. The Balaban J connectivity index is 1.28. The summed E-state index contributed by atoms with van der Waals surface area (Å²) in [5, 5.41) is 15.9. The fraction of sp³-hybridized carbons (Fsp3) is 0.732. The van der Waals surface area contributed by atoms with E-state index in [2.05, 4.69) is 64.1 Å². The van der Waals surface area contributed by atoms with Crippen LogP contribution in [0.25, 0.3) is 0 Å². The fourth-order valence-electron chi connectivity index (χ4n) is 12.4. The number of amides is 2. The number of carbonyl (C=O) groups excluding carboxylic acids is 3. The van der Waals surface area contributed by atoms with E-state index in [4.69, 9.17) is 4.74 Å². The summed E-state index contributed by atoms with van der Waals surface area (Å²) in [6, 6.07) is 5.10. The lowest BCUT2D eigenvalue weighted by molar-refractivity contribution is -0.232. The highest BCUT2D eigenvalue weighted by molar-refractivity contribution is 6.03. The van der Waals surface area contributed by atoms with E-state index in [1.54, 1.807) is 26.1 Å². The molecule has 6 rings (SSSR count). The number of pyridine rings is 1. The second kappa shape index (κ2) is 12.2. The Kier molecular flexibility index (Phi) is 8.91. The molecule has 1 aromatic rings. The van der Waals surface area contributed by atoms with Crippen molar-refractivity contribution >= 4 is 29.6 Å². The molecule has 2 amide bonds. The number of hydrogen-bond donors (Lipinski definition) is 3. The van der Waals surface area contributed by atoms with E-state index in [1.807, 2.05) is 12.1 Å². The van der Waals surface area contributed by atoms with E-state index in [0.29, 0.717) is 24.1 Å². The molecular weight excluding hydrogens is 630 g/mol. The maximum Gasteiger partial charge on any atom is 0.321 e. The molecule has 0 bridgehead atoms. The summed E-state index contributed by atoms with van der Waals surface area (Å²) >= 11 is 0. The monoisotopic (exact) mass is 689 g/mol. The van der Waals surface area contributed by atoms with Crippen LogP contribution in [0.1, 0.15) is 127 Å². The number of esters is 1. The molecule has 5 aliphatic rings. The Bertz CT molecular complexity index is 1600. The largest absolute Gasteiger partial charge is 0.481 e. The van der Waals surface area contributed by atoms with Crippen LogP contribution in [-0.4, -0.2) is 45.5 Å². The Hall–Kier alpha value is -3.23. The first-order valence-corrected chi connectivity index (χ1v) is 18.9. The van der Waals surface area contributed by atoms with Gasteiger partial charge in [0.2, 0.25) is 0 Å². The van der Waals surface area contributed by atoms with Gasteiger partial charge >= 0.3 is 18.0 Å². The fourth-order valence-corrected chi connectivity index (χ4v) is 12.4. The van der Waals surface area contributed by atoms with Crippen LogP contribution in [-0.2, 0) is 19.1 Å². The molecule has 8 atom stereocenters. The van der Waals surface area contributed by atoms with Crippen molar-refractivity contribution in [2.45, 2.75) is 138 Å². The van der Waals surface area contributed by atoms with Crippen LogP contribution in [0.4, 0.5) is 10.6 Å². The van der Waals surface area contributed by atoms with Gasteiger partial charge < -0.3 is 15.2 Å². The number of hydrogen-bond acceptors (Lipinski definition) is 6. The summed E-state index contributed by atoms with van der Waals surface area (Å²) in [4.78, 5) is 56.5. The molecule has 9 nitrogen and oxygen atoms in total. The first kappa shape index (κ1) is 36.6. The van der Waals surface area contributed by atoms with Crippen LogP contribution in [0, 0.1) is 50.7 Å². The molecule has 3 N–H and O–H groups in total. The lowest BCUT2D eigenvalue weighted by atomic mass is 9.33. The molecule has 4 fully saturated rings. The zero-order valence-electron chi connectivity index (χ0n) is 31.7. The number of nitrogens with one attached hydrogen (secondary N) is 2. The number of aromatic nitrogens is 1. The molecule has 0 saturated heterocycles. The number of nitrogens with zero attached hydrogens (tertiary/aromatic N) is 1. The number of carboxylic acids is 1. The predicted molar refractivity (Wildman–Crippen MR) is 192 cm³/mol. The highest BCUT2D eigenvalue weighted by Crippen LogP contribution is 2.76. The van der Waals surface area contributed by atoms with Crippen LogP contribution in [0.5, 0.6) is 0 Å². The maximum absolute atomic E-state index is 13.9. The van der Waals surface area contributed by atoms with Gasteiger partial charge in [0.05, 0.1) is 17.4 Å². The molecule has 274 valence electrons. The molecule has 1 heterocycles. The van der Waals surface area contributed by atoms with Crippen LogP contribution >= 0.6 is 0 Å². The molecule has 9 heteroatoms. The van der Waals surface area contributed by atoms with Crippen molar-refractivity contribution < 1.29 is 29.0 Å². The predicted octanol–water partition coefficient (Wildman–Crippen LogP) is 8.35. The minimum Gasteiger partial charge on any atom is -0.481 e. The van der Waals surface area contributed by atoms with Crippen molar-refractivity contribution in [3.8, 4) is 0 Å². The number of fused-ring (bicyclic) bond motifs is 7. The van der Waals surface area contributed by atoms with E-state index in [-0.39, 0.29) is 57.8 Å². The van der Waals surface area contributed by atoms with Gasteiger partial charge in [0.1, 0.15) is 11.9 Å². The molecule has 0 radical (unpaired) electrons. The van der Waals surface area contributed by atoms with Crippen molar-refractivity contribution in [3.05, 3.63) is 35.5 Å². The lowest BCUT2D eigenvalue weighted by Crippen LogP contribution is -2.67. The van der Waals surface area contributed by atoms with Gasteiger partial charge in [-0.2, -0.15) is 0 Å². The third-order valence-electron chi connectivity index (χ3n) is 15.1. The summed E-state index contributed by atoms with van der Waals surface area (Å²) in [7, 11) is 0. The first-order chi connectivity index (χ1) is 23.2. The summed E-state index contributed by atoms with van der Waals surface area (Å²) < 4.78 is 6.14. The summed E-state index contributed by atoms with van der Waals surface area (Å²) in [5.74, 6) is 0.302. The zero-order chi connectivity index (χ0) is 36.7. The zero-order valence-corrected chi connectivity index (χ0v) is 31.7. The van der Waals surface area contributed by atoms with Gasteiger partial charge in [-0.25, -0.2) is 9.78 Å². The van der Waals surface area contributed by atoms with Crippen LogP contribution in [0.15, 0.2) is 35.5 Å². The molecule has 1 aromatic heterocycles. The van der Waals surface area contributed by atoms with Gasteiger partial charge in [0, 0.05) is 18.0 Å². The summed E-state index contributed by atoms with van der Waals surface area (Å²) in [6.45, 7) is 19.4. The van der Waals surface area contributed by atoms with Gasteiger partial charge in [-0.1, -0.05) is 54.5 Å². The minimum absolute atomic E-state index is 0.0232. The number of Topliss-reactive ketones (excluding diaryl/α,β-unsaturated/α-hetero) is 1. The average molecular weight is 690 g/mol. The minimum atomic E-state index is -1.17. The number of rotatable bonds is 7. The number of allylic oxidation sites excluding steroid dienone is 1. The van der Waals surface area contributed by atoms with E-state index in [0.717, 1.165) is 56.9 Å². The maximum atomic E-state index is 13.9. The van der Waals surface area contributed by atoms with Gasteiger partial charge in [-0.05, 0) is 128 Å². The van der Waals surface area contributed by atoms with Crippen LogP contribution in [0.2, 0.25) is 0 Å². The van der Waals surface area contributed by atoms with Crippen molar-refractivity contribution in [2.75, 3.05) is 5.32 Å². The second-order valence-corrected chi connectivity index (χ2v) is 18.8. The molecular formula is C41H59N3O6. The number of aliphatic carboxylic acids is 1. The molecule has 0 spiro atoms. The molecule has 0 aliphatic heterocycles. The molecule has 5 aliphatic carbocycles. The summed E-state index contributed by atoms with van der Waals surface area (Å²) in [5.41, 5.74) is 0.0125. The quantitative estimate of drug-likeness (QED) is 0.245. The highest BCUT2D eigenvalue weighted by Gasteiger charge is 2.70. The smallest absolute Gasteiger partial charge is 0.321 e. The SMILES string of the molecule is CC(C)C1=C2C3CC[C@@H]4[C@@]5(C)CC[C@H](OC(=O)CC(C)(C)C(=O)O)C(C)(C)[C@@H]5CC[C@@]4(C)[C@]3(C)CC[C@@]2(NC(=O)Nc2ccccn2)CC1=O. The Morgan fingerprint density at radius 1 is 0.960 bits per heavy atom. The van der Waals surface area contributed by atoms with Crippen molar-refractivity contribution in [1.29, 1.82) is 0 Å². The van der Waals surface area contributed by atoms with E-state index >= 15 is 0 Å². The number of anilines is 1. The van der Waals surface area contributed by atoms with Gasteiger partial charge in [-0.3, -0.25) is 19.7 Å². The Labute approximate surface area is 298 Å². The van der Waals surface area contributed by atoms with E-state index < -0.39 is 22.9 Å². The van der Waals surface area contributed by atoms with E-state index in [1.165, 1.54) is 5.57 Å². The van der Waals surface area contributed by atoms with Crippen molar-refractivity contribution in [3.63, 3.8) is 0 Å². The lowest BCUT2D eigenvalue weighted by Gasteiger charge is -2.72. The number of urea groups is 1. The number of carboxylic acid groups (broad SMARTS) is 1. The standard InChI is InChI=1S/C41H59N3O6/c1-24(2)32-26(45)22-41(44-35(49)43-30-12-10-11-21-42-30)20-19-39(8)25(33(32)41)13-14-28-38(7)17-16-29(50-31(46)23-36(3,4)34(47)48)37(5,6)27(38)15-18-40(28,39)9/h10-12,21,24-25,27-29H,13-20,22-23H2,1-9H3,(H,47,48)(H2,42,43,44,49)/t25?,27-,28+,29-,38-,39+,40+,41+/m0/s1. The highest BCUT2D eigenvalue weighted by atomic mass is 16.5. The van der Waals surface area contributed by atoms with Gasteiger partial charge in [0.25, 0.3) is 0 Å². The van der Waals surface area contributed by atoms with E-state index in [9.17, 15) is 24.3 Å². The Morgan fingerprint density at radius 2 is 1.68 bits per heavy atom. The van der Waals surface area contributed by atoms with Crippen molar-refractivity contribution in [2.24, 2.45) is 50.7 Å².